The maximum Gasteiger partial charge on any atom is 0.410 e. The normalized spacial score (nSPS) is 14.4. The number of carbonyl (C=O) groups excluding carboxylic acids is 1. The number of amides is 1. The SMILES string of the molecule is Cc1ccc2nc(-c3c(N)sc4c3CCN(C(=O)OC(C)(C)C)C4)sc2c1. The molecule has 27 heavy (non-hydrogen) atoms. The molecule has 0 aliphatic carbocycles. The van der Waals surface area contributed by atoms with Crippen LogP contribution in [0.1, 0.15) is 36.8 Å². The second kappa shape index (κ2) is 6.49. The molecule has 0 unspecified atom stereocenters. The second-order valence-electron chi connectivity index (χ2n) is 7.89. The van der Waals surface area contributed by atoms with E-state index in [1.807, 2.05) is 20.8 Å². The van der Waals surface area contributed by atoms with Gasteiger partial charge in [-0.25, -0.2) is 9.78 Å². The number of rotatable bonds is 1. The fraction of sp³-hybridized carbons (Fsp3) is 0.400. The molecule has 7 heteroatoms. The van der Waals surface area contributed by atoms with Gasteiger partial charge >= 0.3 is 6.09 Å². The Balaban J connectivity index is 1.65. The highest BCUT2D eigenvalue weighted by molar-refractivity contribution is 7.22. The van der Waals surface area contributed by atoms with Gasteiger partial charge < -0.3 is 15.4 Å². The molecule has 0 spiro atoms. The van der Waals surface area contributed by atoms with E-state index in [-0.39, 0.29) is 6.09 Å². The van der Waals surface area contributed by atoms with E-state index < -0.39 is 5.60 Å². The number of anilines is 1. The molecule has 0 saturated carbocycles. The number of nitrogen functional groups attached to an aromatic ring is 1. The first kappa shape index (κ1) is 18.3. The summed E-state index contributed by atoms with van der Waals surface area (Å²) < 4.78 is 6.69. The molecule has 0 atom stereocenters. The van der Waals surface area contributed by atoms with E-state index >= 15 is 0 Å². The van der Waals surface area contributed by atoms with Gasteiger partial charge in [0.05, 0.1) is 21.8 Å². The molecule has 0 bridgehead atoms. The Morgan fingerprint density at radius 1 is 1.30 bits per heavy atom. The largest absolute Gasteiger partial charge is 0.444 e. The van der Waals surface area contributed by atoms with Gasteiger partial charge in [0.1, 0.15) is 10.6 Å². The van der Waals surface area contributed by atoms with Crippen LogP contribution in [0.4, 0.5) is 9.80 Å². The number of aromatic nitrogens is 1. The summed E-state index contributed by atoms with van der Waals surface area (Å²) in [6.45, 7) is 8.92. The van der Waals surface area contributed by atoms with Crippen LogP contribution in [0.5, 0.6) is 0 Å². The zero-order valence-electron chi connectivity index (χ0n) is 16.0. The third-order valence-electron chi connectivity index (χ3n) is 4.49. The lowest BCUT2D eigenvalue weighted by Gasteiger charge is -2.30. The Hall–Kier alpha value is -2.12. The van der Waals surface area contributed by atoms with Gasteiger partial charge in [-0.2, -0.15) is 0 Å². The second-order valence-corrected chi connectivity index (χ2v) is 10.1. The van der Waals surface area contributed by atoms with Crippen molar-refractivity contribution in [1.82, 2.24) is 9.88 Å². The van der Waals surface area contributed by atoms with Gasteiger partial charge in [-0.1, -0.05) is 6.07 Å². The molecule has 0 radical (unpaired) electrons. The summed E-state index contributed by atoms with van der Waals surface area (Å²) in [5.74, 6) is 0. The standard InChI is InChI=1S/C20H23N3O2S2/c1-11-5-6-13-14(9-11)27-18(22-13)16-12-7-8-23(10-15(12)26-17(16)21)19(24)25-20(2,3)4/h5-6,9H,7-8,10,21H2,1-4H3. The zero-order chi connectivity index (χ0) is 19.3. The lowest BCUT2D eigenvalue weighted by atomic mass is 10.0. The van der Waals surface area contributed by atoms with Crippen molar-refractivity contribution in [2.45, 2.75) is 46.3 Å². The average Bonchev–Trinajstić information content (AvgIpc) is 3.11. The van der Waals surface area contributed by atoms with Gasteiger partial charge in [0.15, 0.2) is 0 Å². The molecule has 5 nitrogen and oxygen atoms in total. The van der Waals surface area contributed by atoms with Crippen molar-refractivity contribution in [1.29, 1.82) is 0 Å². The molecular formula is C20H23N3O2S2. The molecule has 1 aliphatic rings. The highest BCUT2D eigenvalue weighted by atomic mass is 32.1. The molecule has 0 fully saturated rings. The van der Waals surface area contributed by atoms with Crippen LogP contribution in [-0.4, -0.2) is 28.1 Å². The highest BCUT2D eigenvalue weighted by Crippen LogP contribution is 2.44. The Morgan fingerprint density at radius 2 is 2.07 bits per heavy atom. The molecule has 3 aromatic rings. The number of thiophene rings is 1. The first-order valence-corrected chi connectivity index (χ1v) is 10.6. The smallest absolute Gasteiger partial charge is 0.410 e. The summed E-state index contributed by atoms with van der Waals surface area (Å²) in [5.41, 5.74) is 10.4. The van der Waals surface area contributed by atoms with Gasteiger partial charge in [0, 0.05) is 17.0 Å². The molecule has 2 N–H and O–H groups in total. The van der Waals surface area contributed by atoms with Crippen LogP contribution >= 0.6 is 22.7 Å². The summed E-state index contributed by atoms with van der Waals surface area (Å²) in [7, 11) is 0. The number of fused-ring (bicyclic) bond motifs is 2. The molecule has 1 aliphatic heterocycles. The molecule has 1 amide bonds. The topological polar surface area (TPSA) is 68.5 Å². The number of carbonyl (C=O) groups is 1. The van der Waals surface area contributed by atoms with E-state index in [0.717, 1.165) is 32.4 Å². The molecule has 142 valence electrons. The zero-order valence-corrected chi connectivity index (χ0v) is 17.6. The number of hydrogen-bond donors (Lipinski definition) is 1. The molecule has 4 rings (SSSR count). The van der Waals surface area contributed by atoms with Gasteiger partial charge in [-0.05, 0) is 57.4 Å². The third-order valence-corrected chi connectivity index (χ3v) is 6.58. The van der Waals surface area contributed by atoms with Crippen molar-refractivity contribution in [2.75, 3.05) is 12.3 Å². The number of nitrogens with zero attached hydrogens (tertiary/aromatic N) is 2. The fourth-order valence-electron chi connectivity index (χ4n) is 3.28. The van der Waals surface area contributed by atoms with Crippen LogP contribution in [-0.2, 0) is 17.7 Å². The maximum absolute atomic E-state index is 12.4. The first-order chi connectivity index (χ1) is 12.7. The number of ether oxygens (including phenoxy) is 1. The molecular weight excluding hydrogens is 378 g/mol. The predicted octanol–water partition coefficient (Wildman–Crippen LogP) is 5.21. The Kier molecular flexibility index (Phi) is 4.39. The molecule has 3 heterocycles. The Morgan fingerprint density at radius 3 is 2.81 bits per heavy atom. The van der Waals surface area contributed by atoms with Crippen LogP contribution in [0.3, 0.4) is 0 Å². The maximum atomic E-state index is 12.4. The first-order valence-electron chi connectivity index (χ1n) is 8.97. The van der Waals surface area contributed by atoms with Crippen molar-refractivity contribution in [2.24, 2.45) is 0 Å². The number of thiazole rings is 1. The van der Waals surface area contributed by atoms with Crippen molar-refractivity contribution in [3.63, 3.8) is 0 Å². The monoisotopic (exact) mass is 401 g/mol. The predicted molar refractivity (Wildman–Crippen MR) is 112 cm³/mol. The average molecular weight is 402 g/mol. The number of benzene rings is 1. The van der Waals surface area contributed by atoms with Crippen molar-refractivity contribution < 1.29 is 9.53 Å². The van der Waals surface area contributed by atoms with Crippen LogP contribution in [0.2, 0.25) is 0 Å². The summed E-state index contributed by atoms with van der Waals surface area (Å²) in [6.07, 6.45) is 0.504. The number of nitrogens with two attached hydrogens (primary N) is 1. The van der Waals surface area contributed by atoms with Crippen molar-refractivity contribution >= 4 is 44.0 Å². The summed E-state index contributed by atoms with van der Waals surface area (Å²) >= 11 is 3.24. The molecule has 2 aromatic heterocycles. The highest BCUT2D eigenvalue weighted by Gasteiger charge is 2.30. The van der Waals surface area contributed by atoms with E-state index in [0.29, 0.717) is 13.1 Å². The summed E-state index contributed by atoms with van der Waals surface area (Å²) in [5, 5.41) is 1.75. The Labute approximate surface area is 166 Å². The van der Waals surface area contributed by atoms with Crippen LogP contribution in [0.15, 0.2) is 18.2 Å². The van der Waals surface area contributed by atoms with Crippen molar-refractivity contribution in [3.8, 4) is 10.6 Å². The van der Waals surface area contributed by atoms with E-state index in [2.05, 4.69) is 25.1 Å². The minimum atomic E-state index is -0.490. The molecule has 1 aromatic carbocycles. The van der Waals surface area contributed by atoms with Crippen LogP contribution < -0.4 is 5.73 Å². The van der Waals surface area contributed by atoms with E-state index in [9.17, 15) is 4.79 Å². The van der Waals surface area contributed by atoms with Gasteiger partial charge in [0.2, 0.25) is 0 Å². The summed E-state index contributed by atoms with van der Waals surface area (Å²) in [4.78, 5) is 20.1. The number of aryl methyl sites for hydroxylation is 1. The van der Waals surface area contributed by atoms with Gasteiger partial charge in [-0.15, -0.1) is 22.7 Å². The van der Waals surface area contributed by atoms with Crippen LogP contribution in [0, 0.1) is 6.92 Å². The van der Waals surface area contributed by atoms with Crippen LogP contribution in [0.25, 0.3) is 20.8 Å². The van der Waals surface area contributed by atoms with Gasteiger partial charge in [0.25, 0.3) is 0 Å². The lowest BCUT2D eigenvalue weighted by molar-refractivity contribution is 0.0227. The minimum Gasteiger partial charge on any atom is -0.444 e. The molecule has 0 saturated heterocycles. The van der Waals surface area contributed by atoms with E-state index in [1.165, 1.54) is 15.8 Å². The Bertz CT molecular complexity index is 1030. The summed E-state index contributed by atoms with van der Waals surface area (Å²) in [6, 6.07) is 6.30. The third kappa shape index (κ3) is 3.53. The van der Waals surface area contributed by atoms with Crippen molar-refractivity contribution in [3.05, 3.63) is 34.2 Å². The van der Waals surface area contributed by atoms with E-state index in [1.54, 1.807) is 27.6 Å². The number of hydrogen-bond acceptors (Lipinski definition) is 6. The van der Waals surface area contributed by atoms with Gasteiger partial charge in [-0.3, -0.25) is 0 Å². The lowest BCUT2D eigenvalue weighted by Crippen LogP contribution is -2.39. The fourth-order valence-corrected chi connectivity index (χ4v) is 5.63. The van der Waals surface area contributed by atoms with E-state index in [4.69, 9.17) is 15.5 Å². The quantitative estimate of drug-likeness (QED) is 0.608. The minimum absolute atomic E-state index is 0.267.